The van der Waals surface area contributed by atoms with Gasteiger partial charge in [-0.2, -0.15) is 0 Å². The molecule has 156 valence electrons. The van der Waals surface area contributed by atoms with Gasteiger partial charge >= 0.3 is 11.9 Å². The molecule has 0 radical (unpaired) electrons. The highest BCUT2D eigenvalue weighted by atomic mass is 16.5. The quantitative estimate of drug-likeness (QED) is 0.594. The number of phenolic OH excluding ortho intramolecular Hbond substituents is 2. The molecule has 0 saturated heterocycles. The van der Waals surface area contributed by atoms with Crippen LogP contribution in [0.25, 0.3) is 0 Å². The number of aromatic hydroxyl groups is 2. The molecule has 0 aliphatic heterocycles. The molecule has 0 bridgehead atoms. The Bertz CT molecular complexity index is 932. The average molecular weight is 408 g/mol. The molecule has 0 heterocycles. The molecule has 2 N–H and O–H groups in total. The van der Waals surface area contributed by atoms with Crippen LogP contribution in [0.5, 0.6) is 11.5 Å². The maximum Gasteiger partial charge on any atom is 0.338 e. The van der Waals surface area contributed by atoms with Crippen molar-refractivity contribution >= 4 is 11.9 Å². The molecule has 0 saturated carbocycles. The predicted molar refractivity (Wildman–Crippen MR) is 112 cm³/mol. The van der Waals surface area contributed by atoms with E-state index in [2.05, 4.69) is 0 Å². The van der Waals surface area contributed by atoms with Crippen molar-refractivity contribution in [1.29, 1.82) is 0 Å². The Morgan fingerprint density at radius 2 is 1.20 bits per heavy atom. The fourth-order valence-corrected chi connectivity index (χ4v) is 2.28. The van der Waals surface area contributed by atoms with Crippen molar-refractivity contribution in [3.05, 3.63) is 95.6 Å². The van der Waals surface area contributed by atoms with Gasteiger partial charge in [0.15, 0.2) is 0 Å². The normalized spacial score (nSPS) is 9.97. The summed E-state index contributed by atoms with van der Waals surface area (Å²) in [6, 6.07) is 21.4. The van der Waals surface area contributed by atoms with Gasteiger partial charge in [-0.25, -0.2) is 9.59 Å². The highest BCUT2D eigenvalue weighted by Gasteiger charge is 2.08. The zero-order chi connectivity index (χ0) is 21.9. The number of benzene rings is 3. The summed E-state index contributed by atoms with van der Waals surface area (Å²) in [5.74, 6) is -0.491. The molecule has 0 unspecified atom stereocenters. The Kier molecular flexibility index (Phi) is 8.44. The van der Waals surface area contributed by atoms with E-state index in [1.165, 1.54) is 48.5 Å². The van der Waals surface area contributed by atoms with Crippen LogP contribution in [0.3, 0.4) is 0 Å². The molecule has 3 aromatic rings. The number of ether oxygens (including phenoxy) is 2. The standard InChI is InChI=1S/C14H12O3.C10H12O3/c15-13-8-6-12(7-9-13)14(16)17-10-11-4-2-1-3-5-11;1-7(2)13-10(12)8-3-5-9(11)6-4-8/h1-9,15H,10H2;3-7,11H,1-2H3. The Morgan fingerprint density at radius 3 is 1.67 bits per heavy atom. The summed E-state index contributed by atoms with van der Waals surface area (Å²) in [4.78, 5) is 22.9. The molecule has 30 heavy (non-hydrogen) atoms. The summed E-state index contributed by atoms with van der Waals surface area (Å²) >= 11 is 0. The van der Waals surface area contributed by atoms with Crippen LogP contribution in [0.4, 0.5) is 0 Å². The zero-order valence-corrected chi connectivity index (χ0v) is 16.8. The van der Waals surface area contributed by atoms with Gasteiger partial charge in [-0.15, -0.1) is 0 Å². The lowest BCUT2D eigenvalue weighted by atomic mass is 10.2. The van der Waals surface area contributed by atoms with Crippen molar-refractivity contribution in [2.45, 2.75) is 26.6 Å². The lowest BCUT2D eigenvalue weighted by molar-refractivity contribution is 0.0377. The van der Waals surface area contributed by atoms with Crippen LogP contribution in [0.1, 0.15) is 40.1 Å². The van der Waals surface area contributed by atoms with Crippen LogP contribution in [-0.2, 0) is 16.1 Å². The summed E-state index contributed by atoms with van der Waals surface area (Å²) in [5, 5.41) is 18.1. The SMILES string of the molecule is CC(C)OC(=O)c1ccc(O)cc1.O=C(OCc1ccccc1)c1ccc(O)cc1. The number of phenols is 2. The Hall–Kier alpha value is -3.80. The van der Waals surface area contributed by atoms with Crippen molar-refractivity contribution in [1.82, 2.24) is 0 Å². The molecule has 0 amide bonds. The van der Waals surface area contributed by atoms with Crippen LogP contribution in [0.2, 0.25) is 0 Å². The second-order valence-corrected chi connectivity index (χ2v) is 6.61. The highest BCUT2D eigenvalue weighted by molar-refractivity contribution is 5.90. The zero-order valence-electron chi connectivity index (χ0n) is 16.8. The van der Waals surface area contributed by atoms with E-state index in [-0.39, 0.29) is 30.2 Å². The lowest BCUT2D eigenvalue weighted by Gasteiger charge is -2.07. The minimum absolute atomic E-state index is 0.124. The molecule has 6 nitrogen and oxygen atoms in total. The Balaban J connectivity index is 0.000000222. The third kappa shape index (κ3) is 7.67. The fourth-order valence-electron chi connectivity index (χ4n) is 2.28. The van der Waals surface area contributed by atoms with E-state index in [1.807, 2.05) is 30.3 Å². The van der Waals surface area contributed by atoms with Gasteiger partial charge in [0, 0.05) is 0 Å². The predicted octanol–water partition coefficient (Wildman–Crippen LogP) is 4.71. The van der Waals surface area contributed by atoms with Gasteiger partial charge in [0.25, 0.3) is 0 Å². The first-order valence-electron chi connectivity index (χ1n) is 9.35. The van der Waals surface area contributed by atoms with Crippen LogP contribution in [0, 0.1) is 0 Å². The van der Waals surface area contributed by atoms with E-state index >= 15 is 0 Å². The molecule has 0 atom stereocenters. The third-order valence-corrected chi connectivity index (χ3v) is 3.76. The topological polar surface area (TPSA) is 93.1 Å². The van der Waals surface area contributed by atoms with Crippen molar-refractivity contribution in [3.8, 4) is 11.5 Å². The second-order valence-electron chi connectivity index (χ2n) is 6.61. The van der Waals surface area contributed by atoms with E-state index in [4.69, 9.17) is 19.7 Å². The monoisotopic (exact) mass is 408 g/mol. The highest BCUT2D eigenvalue weighted by Crippen LogP contribution is 2.12. The van der Waals surface area contributed by atoms with Crippen LogP contribution in [0.15, 0.2) is 78.9 Å². The maximum absolute atomic E-state index is 11.6. The summed E-state index contributed by atoms with van der Waals surface area (Å²) in [6.45, 7) is 3.83. The maximum atomic E-state index is 11.6. The molecule has 0 fully saturated rings. The number of carbonyl (C=O) groups is 2. The number of hydrogen-bond donors (Lipinski definition) is 2. The van der Waals surface area contributed by atoms with Crippen molar-refractivity contribution in [2.75, 3.05) is 0 Å². The van der Waals surface area contributed by atoms with Gasteiger partial charge in [0.1, 0.15) is 18.1 Å². The van der Waals surface area contributed by atoms with Gasteiger partial charge in [-0.3, -0.25) is 0 Å². The second kappa shape index (κ2) is 11.3. The average Bonchev–Trinajstić information content (AvgIpc) is 2.74. The minimum Gasteiger partial charge on any atom is -0.508 e. The van der Waals surface area contributed by atoms with Gasteiger partial charge in [0.05, 0.1) is 17.2 Å². The van der Waals surface area contributed by atoms with Crippen molar-refractivity contribution in [3.63, 3.8) is 0 Å². The third-order valence-electron chi connectivity index (χ3n) is 3.76. The van der Waals surface area contributed by atoms with Crippen LogP contribution < -0.4 is 0 Å². The molecular formula is C24H24O6. The summed E-state index contributed by atoms with van der Waals surface area (Å²) < 4.78 is 10.1. The van der Waals surface area contributed by atoms with E-state index in [0.29, 0.717) is 11.1 Å². The molecule has 3 rings (SSSR count). The van der Waals surface area contributed by atoms with Crippen molar-refractivity contribution in [2.24, 2.45) is 0 Å². The van der Waals surface area contributed by atoms with E-state index < -0.39 is 5.97 Å². The molecule has 6 heteroatoms. The Labute approximate surface area is 175 Å². The number of esters is 2. The smallest absolute Gasteiger partial charge is 0.338 e. The fraction of sp³-hybridized carbons (Fsp3) is 0.167. The van der Waals surface area contributed by atoms with Gasteiger partial charge in [-0.1, -0.05) is 30.3 Å². The molecule has 3 aromatic carbocycles. The summed E-state index contributed by atoms with van der Waals surface area (Å²) in [6.07, 6.45) is -0.124. The molecule has 0 aliphatic rings. The number of rotatable bonds is 5. The van der Waals surface area contributed by atoms with E-state index in [9.17, 15) is 9.59 Å². The molecular weight excluding hydrogens is 384 g/mol. The first-order valence-corrected chi connectivity index (χ1v) is 9.35. The first-order chi connectivity index (χ1) is 14.3. The first kappa shape index (κ1) is 22.5. The molecule has 0 aliphatic carbocycles. The Morgan fingerprint density at radius 1 is 0.733 bits per heavy atom. The van der Waals surface area contributed by atoms with Crippen LogP contribution in [-0.4, -0.2) is 28.3 Å². The summed E-state index contributed by atoms with van der Waals surface area (Å²) in [5.41, 5.74) is 1.82. The summed E-state index contributed by atoms with van der Waals surface area (Å²) in [7, 11) is 0. The largest absolute Gasteiger partial charge is 0.508 e. The van der Waals surface area contributed by atoms with Crippen LogP contribution >= 0.6 is 0 Å². The van der Waals surface area contributed by atoms with Gasteiger partial charge in [-0.05, 0) is 67.9 Å². The number of carbonyl (C=O) groups excluding carboxylic acids is 2. The molecule has 0 spiro atoms. The van der Waals surface area contributed by atoms with E-state index in [1.54, 1.807) is 13.8 Å². The lowest BCUT2D eigenvalue weighted by Crippen LogP contribution is -2.11. The van der Waals surface area contributed by atoms with Crippen molar-refractivity contribution < 1.29 is 29.3 Å². The van der Waals surface area contributed by atoms with Gasteiger partial charge < -0.3 is 19.7 Å². The molecule has 0 aromatic heterocycles. The minimum atomic E-state index is -0.395. The number of hydrogen-bond acceptors (Lipinski definition) is 6. The van der Waals surface area contributed by atoms with E-state index in [0.717, 1.165) is 5.56 Å². The van der Waals surface area contributed by atoms with Gasteiger partial charge in [0.2, 0.25) is 0 Å².